The summed E-state index contributed by atoms with van der Waals surface area (Å²) in [6.45, 7) is 15.2. The highest BCUT2D eigenvalue weighted by Gasteiger charge is 2.48. The molecule has 1 saturated carbocycles. The molecular weight excluding hydrogens is 248 g/mol. The van der Waals surface area contributed by atoms with Crippen LogP contribution in [0.5, 0.6) is 0 Å². The maximum Gasteiger partial charge on any atom is 0.0538 e. The molecule has 2 atom stereocenters. The lowest BCUT2D eigenvalue weighted by Crippen LogP contribution is -2.62. The Morgan fingerprint density at radius 1 is 1.25 bits per heavy atom. The Labute approximate surface area is 124 Å². The Balaban J connectivity index is 1.56. The van der Waals surface area contributed by atoms with Gasteiger partial charge < -0.3 is 9.64 Å². The third-order valence-corrected chi connectivity index (χ3v) is 5.35. The third-order valence-electron chi connectivity index (χ3n) is 5.35. The van der Waals surface area contributed by atoms with Gasteiger partial charge in [0.25, 0.3) is 0 Å². The quantitative estimate of drug-likeness (QED) is 0.743. The number of nitrogens with zero attached hydrogens (tertiary/aromatic N) is 2. The molecule has 3 aliphatic heterocycles. The molecule has 4 rings (SSSR count). The standard InChI is InChI=1S/C17H30N2O/c1-13(2)19-10-15-5-6-16(19)9-18(15)11-17(7-8-17)12-20-14(3)4/h14-16H,1,5-12H2,2-4H3. The van der Waals surface area contributed by atoms with Crippen molar-refractivity contribution < 1.29 is 4.74 Å². The summed E-state index contributed by atoms with van der Waals surface area (Å²) in [7, 11) is 0. The Bertz CT molecular complexity index is 375. The molecule has 3 heteroatoms. The maximum absolute atomic E-state index is 5.90. The van der Waals surface area contributed by atoms with Gasteiger partial charge in [0, 0.05) is 42.8 Å². The normalized spacial score (nSPS) is 31.9. The van der Waals surface area contributed by atoms with E-state index in [1.807, 2.05) is 0 Å². The molecule has 3 nitrogen and oxygen atoms in total. The number of fused-ring (bicyclic) bond motifs is 3. The zero-order valence-electron chi connectivity index (χ0n) is 13.4. The van der Waals surface area contributed by atoms with E-state index >= 15 is 0 Å². The van der Waals surface area contributed by atoms with E-state index in [9.17, 15) is 0 Å². The third kappa shape index (κ3) is 2.89. The maximum atomic E-state index is 5.90. The molecule has 3 heterocycles. The van der Waals surface area contributed by atoms with Crippen molar-refractivity contribution in [3.63, 3.8) is 0 Å². The van der Waals surface area contributed by atoms with Crippen LogP contribution in [0, 0.1) is 5.41 Å². The van der Waals surface area contributed by atoms with E-state index in [1.165, 1.54) is 51.0 Å². The molecule has 4 aliphatic rings. The highest BCUT2D eigenvalue weighted by molar-refractivity contribution is 5.06. The first kappa shape index (κ1) is 14.4. The van der Waals surface area contributed by atoms with E-state index < -0.39 is 0 Å². The number of hydrogen-bond donors (Lipinski definition) is 0. The average Bonchev–Trinajstić information content (AvgIpc) is 3.17. The lowest BCUT2D eigenvalue weighted by molar-refractivity contribution is -0.0301. The SMILES string of the molecule is C=C(C)N1CC2CCC1CN2CC1(COC(C)C)CC1. The van der Waals surface area contributed by atoms with E-state index in [0.29, 0.717) is 17.6 Å². The van der Waals surface area contributed by atoms with Gasteiger partial charge in [-0.25, -0.2) is 0 Å². The van der Waals surface area contributed by atoms with Gasteiger partial charge >= 0.3 is 0 Å². The Kier molecular flexibility index (Phi) is 3.85. The van der Waals surface area contributed by atoms with Gasteiger partial charge in [0.2, 0.25) is 0 Å². The molecule has 4 fully saturated rings. The number of allylic oxidation sites excluding steroid dienone is 1. The first-order chi connectivity index (χ1) is 9.49. The summed E-state index contributed by atoms with van der Waals surface area (Å²) in [6, 6.07) is 1.45. The summed E-state index contributed by atoms with van der Waals surface area (Å²) in [5.74, 6) is 0. The van der Waals surface area contributed by atoms with Crippen LogP contribution in [0.2, 0.25) is 0 Å². The van der Waals surface area contributed by atoms with Crippen LogP contribution in [0.3, 0.4) is 0 Å². The molecule has 0 radical (unpaired) electrons. The second-order valence-corrected chi connectivity index (χ2v) is 7.56. The predicted octanol–water partition coefficient (Wildman–Crippen LogP) is 2.87. The average molecular weight is 278 g/mol. The van der Waals surface area contributed by atoms with E-state index in [1.54, 1.807) is 0 Å². The van der Waals surface area contributed by atoms with E-state index in [-0.39, 0.29) is 0 Å². The molecule has 20 heavy (non-hydrogen) atoms. The number of piperidine rings is 2. The molecule has 0 aromatic rings. The predicted molar refractivity (Wildman–Crippen MR) is 82.7 cm³/mol. The molecule has 0 N–H and O–H groups in total. The number of piperazine rings is 1. The highest BCUT2D eigenvalue weighted by Crippen LogP contribution is 2.48. The van der Waals surface area contributed by atoms with Gasteiger partial charge in [-0.3, -0.25) is 4.90 Å². The van der Waals surface area contributed by atoms with Gasteiger partial charge in [0.15, 0.2) is 0 Å². The minimum Gasteiger partial charge on any atom is -0.378 e. The van der Waals surface area contributed by atoms with Gasteiger partial charge in [-0.1, -0.05) is 6.58 Å². The van der Waals surface area contributed by atoms with Crippen LogP contribution < -0.4 is 0 Å². The van der Waals surface area contributed by atoms with Crippen molar-refractivity contribution in [3.05, 3.63) is 12.3 Å². The second-order valence-electron chi connectivity index (χ2n) is 7.56. The van der Waals surface area contributed by atoms with Crippen molar-refractivity contribution in [1.29, 1.82) is 0 Å². The zero-order chi connectivity index (χ0) is 14.3. The van der Waals surface area contributed by atoms with Crippen LogP contribution in [-0.2, 0) is 4.74 Å². The van der Waals surface area contributed by atoms with Gasteiger partial charge in [0.05, 0.1) is 12.7 Å². The summed E-state index contributed by atoms with van der Waals surface area (Å²) in [5, 5.41) is 0. The number of hydrogen-bond acceptors (Lipinski definition) is 3. The second kappa shape index (κ2) is 5.34. The largest absolute Gasteiger partial charge is 0.378 e. The van der Waals surface area contributed by atoms with Gasteiger partial charge in [-0.05, 0) is 46.5 Å². The van der Waals surface area contributed by atoms with E-state index in [4.69, 9.17) is 4.74 Å². The molecule has 1 aliphatic carbocycles. The fourth-order valence-corrected chi connectivity index (χ4v) is 3.88. The smallest absolute Gasteiger partial charge is 0.0538 e. The lowest BCUT2D eigenvalue weighted by Gasteiger charge is -2.53. The first-order valence-corrected chi connectivity index (χ1v) is 8.27. The topological polar surface area (TPSA) is 15.7 Å². The summed E-state index contributed by atoms with van der Waals surface area (Å²) in [4.78, 5) is 5.29. The van der Waals surface area contributed by atoms with Crippen molar-refractivity contribution in [2.24, 2.45) is 5.41 Å². The minimum absolute atomic E-state index is 0.365. The zero-order valence-corrected chi connectivity index (χ0v) is 13.4. The van der Waals surface area contributed by atoms with E-state index in [2.05, 4.69) is 37.1 Å². The highest BCUT2D eigenvalue weighted by atomic mass is 16.5. The summed E-state index contributed by atoms with van der Waals surface area (Å²) < 4.78 is 5.90. The molecule has 0 aromatic carbocycles. The molecule has 2 bridgehead atoms. The Hall–Kier alpha value is -0.540. The fourth-order valence-electron chi connectivity index (χ4n) is 3.88. The minimum atomic E-state index is 0.365. The molecule has 0 amide bonds. The van der Waals surface area contributed by atoms with Crippen molar-refractivity contribution in [2.75, 3.05) is 26.2 Å². The molecule has 0 aromatic heterocycles. The summed E-state index contributed by atoms with van der Waals surface area (Å²) in [5.41, 5.74) is 1.74. The molecule has 114 valence electrons. The van der Waals surface area contributed by atoms with Gasteiger partial charge in [-0.2, -0.15) is 0 Å². The summed E-state index contributed by atoms with van der Waals surface area (Å²) in [6.07, 6.45) is 5.80. The van der Waals surface area contributed by atoms with Crippen LogP contribution in [0.15, 0.2) is 12.3 Å². The van der Waals surface area contributed by atoms with Gasteiger partial charge in [-0.15, -0.1) is 0 Å². The molecular formula is C17H30N2O. The molecule has 0 spiro atoms. The fraction of sp³-hybridized carbons (Fsp3) is 0.882. The van der Waals surface area contributed by atoms with Crippen LogP contribution in [0.25, 0.3) is 0 Å². The first-order valence-electron chi connectivity index (χ1n) is 8.27. The van der Waals surface area contributed by atoms with Crippen molar-refractivity contribution in [2.45, 2.75) is 64.6 Å². The molecule has 3 saturated heterocycles. The van der Waals surface area contributed by atoms with Crippen LogP contribution in [0.4, 0.5) is 0 Å². The van der Waals surface area contributed by atoms with Crippen molar-refractivity contribution in [3.8, 4) is 0 Å². The van der Waals surface area contributed by atoms with Crippen molar-refractivity contribution in [1.82, 2.24) is 9.80 Å². The monoisotopic (exact) mass is 278 g/mol. The lowest BCUT2D eigenvalue weighted by atomic mass is 9.89. The van der Waals surface area contributed by atoms with Gasteiger partial charge in [0.1, 0.15) is 0 Å². The van der Waals surface area contributed by atoms with E-state index in [0.717, 1.165) is 12.6 Å². The Morgan fingerprint density at radius 2 is 1.95 bits per heavy atom. The van der Waals surface area contributed by atoms with Crippen LogP contribution >= 0.6 is 0 Å². The van der Waals surface area contributed by atoms with Crippen LogP contribution in [0.1, 0.15) is 46.5 Å². The van der Waals surface area contributed by atoms with Crippen molar-refractivity contribution >= 4 is 0 Å². The Morgan fingerprint density at radius 3 is 2.45 bits per heavy atom. The number of rotatable bonds is 6. The van der Waals surface area contributed by atoms with Crippen LogP contribution in [-0.4, -0.2) is 54.2 Å². The summed E-state index contributed by atoms with van der Waals surface area (Å²) >= 11 is 0. The number of ether oxygens (including phenoxy) is 1. The molecule has 2 unspecified atom stereocenters.